The Bertz CT molecular complexity index is 739. The number of hydrogen-bond acceptors (Lipinski definition) is 3. The maximum Gasteiger partial charge on any atom is 1.00 e. The van der Waals surface area contributed by atoms with E-state index >= 15 is 0 Å². The first-order chi connectivity index (χ1) is 9.99. The predicted molar refractivity (Wildman–Crippen MR) is 84.5 cm³/mol. The largest absolute Gasteiger partial charge is 1.00 e. The molecule has 0 saturated carbocycles. The fourth-order valence-corrected chi connectivity index (χ4v) is 3.81. The molecule has 0 heterocycles. The summed E-state index contributed by atoms with van der Waals surface area (Å²) in [6.45, 7) is 4.12. The van der Waals surface area contributed by atoms with E-state index in [1.807, 2.05) is 18.2 Å². The van der Waals surface area contributed by atoms with Crippen LogP contribution in [-0.2, 0) is 23.0 Å². The maximum atomic E-state index is 11.8. The van der Waals surface area contributed by atoms with E-state index in [0.717, 1.165) is 42.2 Å². The summed E-state index contributed by atoms with van der Waals surface area (Å²) in [5.41, 5.74) is 1.73. The zero-order valence-corrected chi connectivity index (χ0v) is 16.4. The molecule has 0 atom stereocenters. The average molecular weight is 328 g/mol. The molecule has 0 aliphatic carbocycles. The Kier molecular flexibility index (Phi) is 7.56. The molecule has 3 nitrogen and oxygen atoms in total. The molecule has 0 radical (unpaired) electrons. The number of rotatable bonds is 6. The van der Waals surface area contributed by atoms with Gasteiger partial charge in [-0.2, -0.15) is 0 Å². The van der Waals surface area contributed by atoms with E-state index in [9.17, 15) is 13.0 Å². The van der Waals surface area contributed by atoms with Crippen LogP contribution in [0.5, 0.6) is 0 Å². The molecule has 0 amide bonds. The van der Waals surface area contributed by atoms with Crippen LogP contribution >= 0.6 is 0 Å². The van der Waals surface area contributed by atoms with Gasteiger partial charge in [-0.15, -0.1) is 0 Å². The van der Waals surface area contributed by atoms with Gasteiger partial charge in [-0.25, -0.2) is 8.42 Å². The van der Waals surface area contributed by atoms with Crippen molar-refractivity contribution in [3.8, 4) is 0 Å². The second kappa shape index (κ2) is 8.46. The molecule has 0 bridgehead atoms. The van der Waals surface area contributed by atoms with Crippen molar-refractivity contribution in [2.45, 2.75) is 50.8 Å². The van der Waals surface area contributed by atoms with Gasteiger partial charge in [0.2, 0.25) is 0 Å². The molecule has 2 aromatic rings. The summed E-state index contributed by atoms with van der Waals surface area (Å²) in [5.74, 6) is 0. The first-order valence-electron chi connectivity index (χ1n) is 7.48. The minimum absolute atomic E-state index is 0. The molecule has 22 heavy (non-hydrogen) atoms. The van der Waals surface area contributed by atoms with Crippen molar-refractivity contribution in [3.05, 3.63) is 41.5 Å². The molecule has 114 valence electrons. The van der Waals surface area contributed by atoms with Crippen molar-refractivity contribution in [3.63, 3.8) is 0 Å². The van der Waals surface area contributed by atoms with Crippen LogP contribution in [0.25, 0.3) is 10.8 Å². The molecule has 0 aliphatic rings. The van der Waals surface area contributed by atoms with Gasteiger partial charge >= 0.3 is 29.6 Å². The van der Waals surface area contributed by atoms with Crippen LogP contribution in [0.1, 0.15) is 44.2 Å². The van der Waals surface area contributed by atoms with E-state index in [1.54, 1.807) is 12.1 Å². The molecule has 0 aliphatic heterocycles. The van der Waals surface area contributed by atoms with E-state index in [0.29, 0.717) is 11.8 Å². The average Bonchev–Trinajstić information content (AvgIpc) is 2.43. The third-order valence-electron chi connectivity index (χ3n) is 3.75. The monoisotopic (exact) mass is 328 g/mol. The molecule has 0 aromatic heterocycles. The standard InChI is InChI=1S/C17H22O3S.Na/c1-3-5-10-15-13(8-4-2)12-14-9-6-7-11-16(14)17(15)21(18,19)20;/h6-7,9,11-12H,3-5,8,10H2,1-2H3,(H,18,19,20);/q;+1/p-1. The van der Waals surface area contributed by atoms with Gasteiger partial charge < -0.3 is 4.55 Å². The Hall–Kier alpha value is -0.390. The van der Waals surface area contributed by atoms with Crippen LogP contribution in [0.4, 0.5) is 0 Å². The summed E-state index contributed by atoms with van der Waals surface area (Å²) in [4.78, 5) is -0.00231. The molecule has 2 aromatic carbocycles. The quantitative estimate of drug-likeness (QED) is 0.588. The minimum Gasteiger partial charge on any atom is -0.744 e. The number of benzene rings is 2. The van der Waals surface area contributed by atoms with Crippen LogP contribution in [0.15, 0.2) is 35.2 Å². The predicted octanol–water partition coefficient (Wildman–Crippen LogP) is 1.04. The molecule has 2 rings (SSSR count). The van der Waals surface area contributed by atoms with Crippen molar-refractivity contribution in [2.75, 3.05) is 0 Å². The third-order valence-corrected chi connectivity index (χ3v) is 4.71. The maximum absolute atomic E-state index is 11.8. The zero-order valence-electron chi connectivity index (χ0n) is 13.6. The zero-order chi connectivity index (χ0) is 15.5. The molecule has 0 unspecified atom stereocenters. The van der Waals surface area contributed by atoms with Crippen molar-refractivity contribution < 1.29 is 42.5 Å². The number of hydrogen-bond donors (Lipinski definition) is 0. The van der Waals surface area contributed by atoms with E-state index in [1.165, 1.54) is 0 Å². The van der Waals surface area contributed by atoms with Gasteiger partial charge in [0.1, 0.15) is 10.1 Å². The molecule has 0 fully saturated rings. The van der Waals surface area contributed by atoms with Gasteiger partial charge in [0, 0.05) is 0 Å². The Labute approximate surface area is 155 Å². The Morgan fingerprint density at radius 2 is 1.73 bits per heavy atom. The van der Waals surface area contributed by atoms with Crippen LogP contribution in [-0.4, -0.2) is 13.0 Å². The van der Waals surface area contributed by atoms with Gasteiger partial charge in [-0.1, -0.05) is 57.0 Å². The number of fused-ring (bicyclic) bond motifs is 1. The van der Waals surface area contributed by atoms with Gasteiger partial charge in [0.25, 0.3) is 0 Å². The fraction of sp³-hybridized carbons (Fsp3) is 0.412. The summed E-state index contributed by atoms with van der Waals surface area (Å²) in [5, 5.41) is 1.38. The first-order valence-corrected chi connectivity index (χ1v) is 8.89. The number of aryl methyl sites for hydroxylation is 1. The van der Waals surface area contributed by atoms with Crippen LogP contribution < -0.4 is 29.6 Å². The Balaban J connectivity index is 0.00000242. The molecule has 0 saturated heterocycles. The van der Waals surface area contributed by atoms with Crippen molar-refractivity contribution in [2.24, 2.45) is 0 Å². The second-order valence-electron chi connectivity index (χ2n) is 5.37. The van der Waals surface area contributed by atoms with E-state index in [4.69, 9.17) is 0 Å². The first kappa shape index (κ1) is 19.7. The van der Waals surface area contributed by atoms with E-state index in [-0.39, 0.29) is 34.5 Å². The molecule has 5 heteroatoms. The summed E-state index contributed by atoms with van der Waals surface area (Å²) in [7, 11) is -4.48. The normalized spacial score (nSPS) is 11.4. The Morgan fingerprint density at radius 3 is 2.32 bits per heavy atom. The third kappa shape index (κ3) is 4.33. The molecular formula is C17H21NaO3S. The molecule has 0 N–H and O–H groups in total. The summed E-state index contributed by atoms with van der Waals surface area (Å²) in [6, 6.07) is 9.28. The topological polar surface area (TPSA) is 57.2 Å². The van der Waals surface area contributed by atoms with E-state index < -0.39 is 10.1 Å². The molecular weight excluding hydrogens is 307 g/mol. The van der Waals surface area contributed by atoms with Crippen LogP contribution in [0, 0.1) is 0 Å². The van der Waals surface area contributed by atoms with Crippen LogP contribution in [0.2, 0.25) is 0 Å². The van der Waals surface area contributed by atoms with Crippen molar-refractivity contribution >= 4 is 20.9 Å². The number of unbranched alkanes of at least 4 members (excludes halogenated alkanes) is 1. The fourth-order valence-electron chi connectivity index (χ4n) is 2.82. The van der Waals surface area contributed by atoms with Crippen molar-refractivity contribution in [1.82, 2.24) is 0 Å². The summed E-state index contributed by atoms with van der Waals surface area (Å²) >= 11 is 0. The summed E-state index contributed by atoms with van der Waals surface area (Å²) < 4.78 is 35.5. The molecule has 0 spiro atoms. The van der Waals surface area contributed by atoms with Gasteiger partial charge in [-0.05, 0) is 41.2 Å². The smallest absolute Gasteiger partial charge is 0.744 e. The van der Waals surface area contributed by atoms with Crippen LogP contribution in [0.3, 0.4) is 0 Å². The SMILES string of the molecule is CCCCc1c(CCC)cc2ccccc2c1S(=O)(=O)[O-].[Na+]. The van der Waals surface area contributed by atoms with Gasteiger partial charge in [0.15, 0.2) is 0 Å². The minimum atomic E-state index is -4.48. The second-order valence-corrected chi connectivity index (χ2v) is 6.69. The van der Waals surface area contributed by atoms with Crippen molar-refractivity contribution in [1.29, 1.82) is 0 Å². The summed E-state index contributed by atoms with van der Waals surface area (Å²) in [6.07, 6.45) is 4.23. The van der Waals surface area contributed by atoms with E-state index in [2.05, 4.69) is 13.8 Å². The van der Waals surface area contributed by atoms with Gasteiger partial charge in [0.05, 0.1) is 4.90 Å². The Morgan fingerprint density at radius 1 is 1.05 bits per heavy atom. The van der Waals surface area contributed by atoms with Gasteiger partial charge in [-0.3, -0.25) is 0 Å².